The molecule has 2 aromatic rings. The van der Waals surface area contributed by atoms with E-state index in [2.05, 4.69) is 37.0 Å². The number of hydrogen-bond donors (Lipinski definition) is 0. The van der Waals surface area contributed by atoms with E-state index in [-0.39, 0.29) is 0 Å². The van der Waals surface area contributed by atoms with Gasteiger partial charge in [0.2, 0.25) is 0 Å². The average molecular weight is 219 g/mol. The molecule has 1 unspecified atom stereocenters. The predicted octanol–water partition coefficient (Wildman–Crippen LogP) is 4.28. The highest BCUT2D eigenvalue weighted by atomic mass is 32.1. The molecule has 0 spiro atoms. The lowest BCUT2D eigenvalue weighted by Gasteiger charge is -2.10. The summed E-state index contributed by atoms with van der Waals surface area (Å²) in [7, 11) is 0. The van der Waals surface area contributed by atoms with Crippen LogP contribution in [-0.2, 0) is 6.42 Å². The van der Waals surface area contributed by atoms with Gasteiger partial charge in [-0.25, -0.2) is 4.98 Å². The molecule has 0 aliphatic carbocycles. The van der Waals surface area contributed by atoms with Gasteiger partial charge in [-0.2, -0.15) is 0 Å². The second kappa shape index (κ2) is 4.75. The van der Waals surface area contributed by atoms with E-state index in [9.17, 15) is 0 Å². The van der Waals surface area contributed by atoms with Gasteiger partial charge in [-0.3, -0.25) is 0 Å². The van der Waals surface area contributed by atoms with Crippen molar-refractivity contribution in [3.8, 4) is 0 Å². The highest BCUT2D eigenvalue weighted by Crippen LogP contribution is 2.24. The van der Waals surface area contributed by atoms with E-state index >= 15 is 0 Å². The van der Waals surface area contributed by atoms with Gasteiger partial charge in [-0.1, -0.05) is 38.8 Å². The van der Waals surface area contributed by atoms with Crippen molar-refractivity contribution in [3.05, 3.63) is 29.3 Å². The highest BCUT2D eigenvalue weighted by Gasteiger charge is 2.07. The summed E-state index contributed by atoms with van der Waals surface area (Å²) in [6, 6.07) is 6.52. The van der Waals surface area contributed by atoms with Crippen LogP contribution in [0.1, 0.15) is 32.3 Å². The third-order valence-electron chi connectivity index (χ3n) is 2.79. The van der Waals surface area contributed by atoms with Gasteiger partial charge < -0.3 is 0 Å². The monoisotopic (exact) mass is 219 g/mol. The van der Waals surface area contributed by atoms with Gasteiger partial charge in [0.25, 0.3) is 0 Å². The molecule has 0 aliphatic heterocycles. The lowest BCUT2D eigenvalue weighted by Crippen LogP contribution is -1.99. The van der Waals surface area contributed by atoms with E-state index in [0.717, 1.165) is 12.3 Å². The Kier molecular flexibility index (Phi) is 3.37. The molecule has 1 aromatic heterocycles. The second-order valence-electron chi connectivity index (χ2n) is 4.21. The van der Waals surface area contributed by atoms with E-state index in [1.807, 2.05) is 5.51 Å². The summed E-state index contributed by atoms with van der Waals surface area (Å²) in [5, 5.41) is 0. The Morgan fingerprint density at radius 3 is 3.07 bits per heavy atom. The van der Waals surface area contributed by atoms with Crippen molar-refractivity contribution < 1.29 is 0 Å². The Bertz CT molecular complexity index is 433. The number of para-hydroxylation sites is 1. The number of rotatable bonds is 4. The first-order chi connectivity index (χ1) is 7.31. The molecule has 0 saturated heterocycles. The fourth-order valence-corrected chi connectivity index (χ4v) is 2.80. The van der Waals surface area contributed by atoms with Gasteiger partial charge in [0.05, 0.1) is 15.7 Å². The Labute approximate surface area is 95.2 Å². The zero-order chi connectivity index (χ0) is 10.7. The quantitative estimate of drug-likeness (QED) is 0.748. The van der Waals surface area contributed by atoms with Crippen LogP contribution in [0, 0.1) is 5.92 Å². The third-order valence-corrected chi connectivity index (χ3v) is 3.59. The molecule has 1 atom stereocenters. The Hall–Kier alpha value is -0.890. The van der Waals surface area contributed by atoms with Gasteiger partial charge in [0, 0.05) is 0 Å². The lowest BCUT2D eigenvalue weighted by atomic mass is 9.96. The van der Waals surface area contributed by atoms with E-state index in [0.29, 0.717) is 0 Å². The Morgan fingerprint density at radius 1 is 1.40 bits per heavy atom. The Morgan fingerprint density at radius 2 is 2.27 bits per heavy atom. The van der Waals surface area contributed by atoms with Crippen molar-refractivity contribution in [2.45, 2.75) is 33.1 Å². The Balaban J connectivity index is 2.23. The maximum Gasteiger partial charge on any atom is 0.0844 e. The minimum atomic E-state index is 0.766. The van der Waals surface area contributed by atoms with Crippen molar-refractivity contribution >= 4 is 21.6 Å². The van der Waals surface area contributed by atoms with Crippen LogP contribution in [0.3, 0.4) is 0 Å². The maximum absolute atomic E-state index is 4.45. The van der Waals surface area contributed by atoms with E-state index < -0.39 is 0 Å². The predicted molar refractivity (Wildman–Crippen MR) is 67.4 cm³/mol. The molecule has 0 fully saturated rings. The first-order valence-electron chi connectivity index (χ1n) is 5.62. The number of nitrogens with zero attached hydrogens (tertiary/aromatic N) is 1. The van der Waals surface area contributed by atoms with Crippen LogP contribution >= 0.6 is 11.3 Å². The lowest BCUT2D eigenvalue weighted by molar-refractivity contribution is 0.524. The van der Waals surface area contributed by atoms with Crippen molar-refractivity contribution in [2.75, 3.05) is 0 Å². The van der Waals surface area contributed by atoms with Crippen LogP contribution < -0.4 is 0 Å². The van der Waals surface area contributed by atoms with Crippen molar-refractivity contribution in [1.29, 1.82) is 0 Å². The molecule has 80 valence electrons. The molecule has 0 radical (unpaired) electrons. The third kappa shape index (κ3) is 2.37. The van der Waals surface area contributed by atoms with Gasteiger partial charge in [0.1, 0.15) is 0 Å². The zero-order valence-electron chi connectivity index (χ0n) is 9.36. The molecule has 2 heteroatoms. The normalized spacial score (nSPS) is 13.2. The topological polar surface area (TPSA) is 12.9 Å². The van der Waals surface area contributed by atoms with Crippen LogP contribution in [0.4, 0.5) is 0 Å². The fourth-order valence-electron chi connectivity index (χ4n) is 2.08. The summed E-state index contributed by atoms with van der Waals surface area (Å²) in [5.41, 5.74) is 4.57. The number of fused-ring (bicyclic) bond motifs is 1. The standard InChI is InChI=1S/C13H17NS/c1-3-5-10(2)8-11-6-4-7-12-13(11)14-9-15-12/h4,6-7,9-10H,3,5,8H2,1-2H3. The maximum atomic E-state index is 4.45. The largest absolute Gasteiger partial charge is 0.244 e. The van der Waals surface area contributed by atoms with Crippen LogP contribution in [0.2, 0.25) is 0 Å². The summed E-state index contributed by atoms with van der Waals surface area (Å²) >= 11 is 1.73. The molecule has 0 amide bonds. The van der Waals surface area contributed by atoms with Crippen LogP contribution in [0.15, 0.2) is 23.7 Å². The fraction of sp³-hybridized carbons (Fsp3) is 0.462. The van der Waals surface area contributed by atoms with E-state index in [1.54, 1.807) is 11.3 Å². The van der Waals surface area contributed by atoms with Gasteiger partial charge in [0.15, 0.2) is 0 Å². The summed E-state index contributed by atoms with van der Waals surface area (Å²) in [4.78, 5) is 4.45. The van der Waals surface area contributed by atoms with Gasteiger partial charge in [-0.05, 0) is 24.0 Å². The smallest absolute Gasteiger partial charge is 0.0844 e. The summed E-state index contributed by atoms with van der Waals surface area (Å²) < 4.78 is 1.32. The molecule has 1 nitrogen and oxygen atoms in total. The summed E-state index contributed by atoms with van der Waals surface area (Å²) in [5.74, 6) is 0.766. The molecule has 0 bridgehead atoms. The zero-order valence-corrected chi connectivity index (χ0v) is 10.2. The molecule has 0 aliphatic rings. The van der Waals surface area contributed by atoms with Gasteiger partial charge in [-0.15, -0.1) is 11.3 Å². The molecule has 0 N–H and O–H groups in total. The van der Waals surface area contributed by atoms with Gasteiger partial charge >= 0.3 is 0 Å². The molecule has 15 heavy (non-hydrogen) atoms. The highest BCUT2D eigenvalue weighted by molar-refractivity contribution is 7.16. The van der Waals surface area contributed by atoms with E-state index in [4.69, 9.17) is 0 Å². The first-order valence-corrected chi connectivity index (χ1v) is 6.50. The van der Waals surface area contributed by atoms with Crippen LogP contribution in [0.25, 0.3) is 10.2 Å². The van der Waals surface area contributed by atoms with Crippen molar-refractivity contribution in [1.82, 2.24) is 4.98 Å². The molecule has 0 saturated carbocycles. The average Bonchev–Trinajstić information content (AvgIpc) is 2.67. The summed E-state index contributed by atoms with van der Waals surface area (Å²) in [6.07, 6.45) is 3.74. The first kappa shape index (κ1) is 10.6. The second-order valence-corrected chi connectivity index (χ2v) is 5.10. The molecule has 2 rings (SSSR count). The van der Waals surface area contributed by atoms with Crippen molar-refractivity contribution in [2.24, 2.45) is 5.92 Å². The van der Waals surface area contributed by atoms with Crippen molar-refractivity contribution in [3.63, 3.8) is 0 Å². The van der Waals surface area contributed by atoms with Crippen LogP contribution in [0.5, 0.6) is 0 Å². The summed E-state index contributed by atoms with van der Waals surface area (Å²) in [6.45, 7) is 4.58. The minimum absolute atomic E-state index is 0.766. The molecular formula is C13H17NS. The van der Waals surface area contributed by atoms with Crippen LogP contribution in [-0.4, -0.2) is 4.98 Å². The SMILES string of the molecule is CCCC(C)Cc1cccc2scnc12. The number of benzene rings is 1. The molecular weight excluding hydrogens is 202 g/mol. The minimum Gasteiger partial charge on any atom is -0.244 e. The van der Waals surface area contributed by atoms with E-state index in [1.165, 1.54) is 28.6 Å². The molecule has 1 aromatic carbocycles. The number of thiazole rings is 1. The number of hydrogen-bond acceptors (Lipinski definition) is 2. The molecule has 1 heterocycles. The number of aromatic nitrogens is 1.